The van der Waals surface area contributed by atoms with Crippen LogP contribution < -0.4 is 5.73 Å². The highest BCUT2D eigenvalue weighted by atomic mass is 79.9. The molecule has 1 aliphatic heterocycles. The van der Waals surface area contributed by atoms with Crippen LogP contribution in [0.25, 0.3) is 0 Å². The summed E-state index contributed by atoms with van der Waals surface area (Å²) in [5.41, 5.74) is 9.02. The molecule has 18 heavy (non-hydrogen) atoms. The molecule has 98 valence electrons. The predicted octanol–water partition coefficient (Wildman–Crippen LogP) is 3.38. The van der Waals surface area contributed by atoms with Gasteiger partial charge in [0.1, 0.15) is 0 Å². The highest BCUT2D eigenvalue weighted by Crippen LogP contribution is 2.40. The summed E-state index contributed by atoms with van der Waals surface area (Å²) in [5.74, 6) is 0. The Bertz CT molecular complexity index is 434. The van der Waals surface area contributed by atoms with Crippen LogP contribution in [0.4, 0.5) is 0 Å². The van der Waals surface area contributed by atoms with Gasteiger partial charge in [0, 0.05) is 16.6 Å². The zero-order valence-electron chi connectivity index (χ0n) is 10.8. The third-order valence-electron chi connectivity index (χ3n) is 4.47. The van der Waals surface area contributed by atoms with E-state index in [4.69, 9.17) is 5.73 Å². The maximum Gasteiger partial charge on any atom is 0.0410 e. The minimum atomic E-state index is -0.0469. The fourth-order valence-corrected chi connectivity index (χ4v) is 3.52. The highest BCUT2D eigenvalue weighted by molar-refractivity contribution is 9.10. The molecule has 0 aromatic heterocycles. The van der Waals surface area contributed by atoms with Crippen LogP contribution in [-0.4, -0.2) is 18.0 Å². The lowest BCUT2D eigenvalue weighted by Crippen LogP contribution is -2.43. The zero-order valence-corrected chi connectivity index (χ0v) is 12.4. The van der Waals surface area contributed by atoms with E-state index in [0.29, 0.717) is 0 Å². The molecule has 1 saturated heterocycles. The molecule has 2 fully saturated rings. The normalized spacial score (nSPS) is 23.0. The number of hydrogen-bond acceptors (Lipinski definition) is 2. The first kappa shape index (κ1) is 12.6. The molecular formula is C15H21BrN2. The van der Waals surface area contributed by atoms with Gasteiger partial charge in [-0.1, -0.05) is 28.1 Å². The minimum absolute atomic E-state index is 0.0469. The van der Waals surface area contributed by atoms with Crippen molar-refractivity contribution in [1.29, 1.82) is 0 Å². The number of nitrogens with zero attached hydrogens (tertiary/aromatic N) is 1. The van der Waals surface area contributed by atoms with E-state index in [-0.39, 0.29) is 5.54 Å². The summed E-state index contributed by atoms with van der Waals surface area (Å²) in [7, 11) is 0. The Kier molecular flexibility index (Phi) is 3.48. The Hall–Kier alpha value is -0.380. The molecule has 0 spiro atoms. The van der Waals surface area contributed by atoms with Gasteiger partial charge in [0.2, 0.25) is 0 Å². The van der Waals surface area contributed by atoms with E-state index < -0.39 is 0 Å². The number of benzene rings is 1. The highest BCUT2D eigenvalue weighted by Gasteiger charge is 2.34. The molecular weight excluding hydrogens is 288 g/mol. The molecule has 1 aliphatic carbocycles. The van der Waals surface area contributed by atoms with Crippen molar-refractivity contribution in [2.24, 2.45) is 5.73 Å². The molecule has 0 amide bonds. The van der Waals surface area contributed by atoms with Gasteiger partial charge in [-0.15, -0.1) is 0 Å². The molecule has 1 aromatic carbocycles. The van der Waals surface area contributed by atoms with Crippen LogP contribution in [0.2, 0.25) is 0 Å². The summed E-state index contributed by atoms with van der Waals surface area (Å²) in [5, 5.41) is 0. The average Bonchev–Trinajstić information content (AvgIpc) is 2.81. The molecule has 0 radical (unpaired) electrons. The maximum atomic E-state index is 6.38. The van der Waals surface area contributed by atoms with Gasteiger partial charge in [-0.3, -0.25) is 4.90 Å². The maximum absolute atomic E-state index is 6.38. The molecule has 0 bridgehead atoms. The molecule has 1 aromatic rings. The van der Waals surface area contributed by atoms with Crippen LogP contribution >= 0.6 is 15.9 Å². The van der Waals surface area contributed by atoms with Gasteiger partial charge in [0.05, 0.1) is 0 Å². The molecule has 1 heterocycles. The van der Waals surface area contributed by atoms with Crippen LogP contribution in [0.15, 0.2) is 22.7 Å². The fraction of sp³-hybridized carbons (Fsp3) is 0.600. The van der Waals surface area contributed by atoms with Crippen LogP contribution in [0.1, 0.15) is 43.2 Å². The Morgan fingerprint density at radius 3 is 2.44 bits per heavy atom. The molecule has 2 aliphatic rings. The molecule has 2 nitrogen and oxygen atoms in total. The summed E-state index contributed by atoms with van der Waals surface area (Å²) in [6.45, 7) is 3.56. The van der Waals surface area contributed by atoms with E-state index in [9.17, 15) is 0 Å². The van der Waals surface area contributed by atoms with Crippen molar-refractivity contribution in [2.75, 3.05) is 13.1 Å². The molecule has 0 unspecified atom stereocenters. The van der Waals surface area contributed by atoms with Gasteiger partial charge in [-0.25, -0.2) is 0 Å². The quantitative estimate of drug-likeness (QED) is 0.927. The standard InChI is InChI=1S/C15H21BrN2/c16-14-10-13(15(17)6-3-7-15)5-4-12(14)11-18-8-1-2-9-18/h4-5,10H,1-3,6-9,11,17H2. The van der Waals surface area contributed by atoms with Gasteiger partial charge in [-0.05, 0) is 62.4 Å². The predicted molar refractivity (Wildman–Crippen MR) is 78.4 cm³/mol. The lowest BCUT2D eigenvalue weighted by atomic mass is 9.73. The second-order valence-corrected chi connectivity index (χ2v) is 6.65. The lowest BCUT2D eigenvalue weighted by molar-refractivity contribution is 0.253. The SMILES string of the molecule is NC1(c2ccc(CN3CCCC3)c(Br)c2)CCC1. The van der Waals surface area contributed by atoms with Crippen molar-refractivity contribution in [3.8, 4) is 0 Å². The first-order chi connectivity index (χ1) is 8.67. The summed E-state index contributed by atoms with van der Waals surface area (Å²) >= 11 is 3.72. The third-order valence-corrected chi connectivity index (χ3v) is 5.20. The van der Waals surface area contributed by atoms with Crippen molar-refractivity contribution in [1.82, 2.24) is 4.90 Å². The first-order valence-corrected chi connectivity index (χ1v) is 7.77. The summed E-state index contributed by atoms with van der Waals surface area (Å²) < 4.78 is 1.23. The number of hydrogen-bond donors (Lipinski definition) is 1. The van der Waals surface area contributed by atoms with E-state index in [2.05, 4.69) is 39.0 Å². The third kappa shape index (κ3) is 2.36. The minimum Gasteiger partial charge on any atom is -0.321 e. The topological polar surface area (TPSA) is 29.3 Å². The van der Waals surface area contributed by atoms with Gasteiger partial charge in [-0.2, -0.15) is 0 Å². The van der Waals surface area contributed by atoms with E-state index in [1.54, 1.807) is 0 Å². The van der Waals surface area contributed by atoms with Crippen molar-refractivity contribution >= 4 is 15.9 Å². The lowest BCUT2D eigenvalue weighted by Gasteiger charge is -2.39. The number of halogens is 1. The van der Waals surface area contributed by atoms with Gasteiger partial charge in [0.15, 0.2) is 0 Å². The monoisotopic (exact) mass is 308 g/mol. The van der Waals surface area contributed by atoms with Crippen molar-refractivity contribution in [3.05, 3.63) is 33.8 Å². The molecule has 3 heteroatoms. The largest absolute Gasteiger partial charge is 0.321 e. The van der Waals surface area contributed by atoms with Gasteiger partial charge < -0.3 is 5.73 Å². The molecule has 2 N–H and O–H groups in total. The number of rotatable bonds is 3. The second-order valence-electron chi connectivity index (χ2n) is 5.80. The Balaban J connectivity index is 1.76. The van der Waals surface area contributed by atoms with Crippen molar-refractivity contribution in [2.45, 2.75) is 44.2 Å². The fourth-order valence-electron chi connectivity index (χ4n) is 3.01. The Morgan fingerprint density at radius 1 is 1.17 bits per heavy atom. The second kappa shape index (κ2) is 4.95. The van der Waals surface area contributed by atoms with Gasteiger partial charge in [0.25, 0.3) is 0 Å². The number of likely N-dealkylation sites (tertiary alicyclic amines) is 1. The number of nitrogens with two attached hydrogens (primary N) is 1. The molecule has 0 atom stereocenters. The zero-order chi connectivity index (χ0) is 12.6. The summed E-state index contributed by atoms with van der Waals surface area (Å²) in [4.78, 5) is 2.53. The van der Waals surface area contributed by atoms with Crippen molar-refractivity contribution in [3.63, 3.8) is 0 Å². The molecule has 3 rings (SSSR count). The average molecular weight is 309 g/mol. The van der Waals surface area contributed by atoms with Crippen molar-refractivity contribution < 1.29 is 0 Å². The van der Waals surface area contributed by atoms with E-state index in [1.165, 1.54) is 48.0 Å². The van der Waals surface area contributed by atoms with E-state index in [1.807, 2.05) is 0 Å². The van der Waals surface area contributed by atoms with Crippen LogP contribution in [0.3, 0.4) is 0 Å². The van der Waals surface area contributed by atoms with E-state index >= 15 is 0 Å². The van der Waals surface area contributed by atoms with Crippen LogP contribution in [0, 0.1) is 0 Å². The van der Waals surface area contributed by atoms with E-state index in [0.717, 1.165) is 19.4 Å². The van der Waals surface area contributed by atoms with Gasteiger partial charge >= 0.3 is 0 Å². The van der Waals surface area contributed by atoms with Crippen LogP contribution in [-0.2, 0) is 12.1 Å². The Morgan fingerprint density at radius 2 is 1.89 bits per heavy atom. The summed E-state index contributed by atoms with van der Waals surface area (Å²) in [6.07, 6.45) is 6.22. The summed E-state index contributed by atoms with van der Waals surface area (Å²) in [6, 6.07) is 6.73. The first-order valence-electron chi connectivity index (χ1n) is 6.98. The Labute approximate surface area is 118 Å². The molecule has 1 saturated carbocycles. The van der Waals surface area contributed by atoms with Crippen LogP contribution in [0.5, 0.6) is 0 Å². The smallest absolute Gasteiger partial charge is 0.0410 e.